The first-order valence-electron chi connectivity index (χ1n) is 8.57. The van der Waals surface area contributed by atoms with Crippen molar-refractivity contribution in [1.29, 1.82) is 0 Å². The second-order valence-corrected chi connectivity index (χ2v) is 8.06. The quantitative estimate of drug-likeness (QED) is 0.595. The van der Waals surface area contributed by atoms with Gasteiger partial charge in [0.15, 0.2) is 6.10 Å². The van der Waals surface area contributed by atoms with Gasteiger partial charge in [0.1, 0.15) is 5.75 Å². The minimum atomic E-state index is -3.88. The highest BCUT2D eigenvalue weighted by molar-refractivity contribution is 7.92. The summed E-state index contributed by atoms with van der Waals surface area (Å²) in [6, 6.07) is 9.26. The summed E-state index contributed by atoms with van der Waals surface area (Å²) in [6.45, 7) is 2.00. The highest BCUT2D eigenvalue weighted by Crippen LogP contribution is 2.32. The molecule has 1 atom stereocenters. The lowest BCUT2D eigenvalue weighted by Crippen LogP contribution is -2.34. The molecule has 2 aromatic carbocycles. The van der Waals surface area contributed by atoms with Crippen molar-refractivity contribution in [2.75, 3.05) is 16.6 Å². The predicted molar refractivity (Wildman–Crippen MR) is 103 cm³/mol. The average molecular weight is 402 g/mol. The van der Waals surface area contributed by atoms with E-state index in [1.165, 1.54) is 18.2 Å². The molecule has 4 rings (SSSR count). The Bertz CT molecular complexity index is 1170. The molecule has 2 heterocycles. The minimum Gasteiger partial charge on any atom is -0.479 e. The maximum atomic E-state index is 12.8. The van der Waals surface area contributed by atoms with E-state index in [9.17, 15) is 13.2 Å². The van der Waals surface area contributed by atoms with Crippen molar-refractivity contribution in [3.63, 3.8) is 0 Å². The van der Waals surface area contributed by atoms with Crippen molar-refractivity contribution in [3.05, 3.63) is 42.7 Å². The molecule has 28 heavy (non-hydrogen) atoms. The Kier molecular flexibility index (Phi) is 4.44. The van der Waals surface area contributed by atoms with Gasteiger partial charge in [0.25, 0.3) is 15.9 Å². The number of nitrogens with one attached hydrogen (secondary N) is 2. The molecule has 146 valence electrons. The summed E-state index contributed by atoms with van der Waals surface area (Å²) in [7, 11) is -3.88. The Morgan fingerprint density at radius 3 is 2.89 bits per heavy atom. The first-order chi connectivity index (χ1) is 13.4. The van der Waals surface area contributed by atoms with Gasteiger partial charge in [0.05, 0.1) is 40.2 Å². The molecule has 3 aromatic rings. The van der Waals surface area contributed by atoms with E-state index in [1.807, 2.05) is 0 Å². The summed E-state index contributed by atoms with van der Waals surface area (Å²) in [6.07, 6.45) is 0.956. The lowest BCUT2D eigenvalue weighted by Gasteiger charge is -2.23. The summed E-state index contributed by atoms with van der Waals surface area (Å²) < 4.78 is 35.2. The molecular weight excluding hydrogens is 384 g/mol. The van der Waals surface area contributed by atoms with E-state index in [0.29, 0.717) is 29.2 Å². The number of hydrogen-bond acceptors (Lipinski definition) is 6. The highest BCUT2D eigenvalue weighted by atomic mass is 32.2. The van der Waals surface area contributed by atoms with E-state index in [1.54, 1.807) is 36.0 Å². The van der Waals surface area contributed by atoms with Crippen molar-refractivity contribution in [3.8, 4) is 5.75 Å². The smallest absolute Gasteiger partial charge is 0.265 e. The number of aromatic nitrogens is 2. The number of benzene rings is 2. The van der Waals surface area contributed by atoms with Crippen LogP contribution in [0.5, 0.6) is 5.75 Å². The Balaban J connectivity index is 1.62. The monoisotopic (exact) mass is 402 g/mol. The summed E-state index contributed by atoms with van der Waals surface area (Å²) in [4.78, 5) is 16.0. The number of ether oxygens (including phenoxy) is 1. The molecule has 0 spiro atoms. The lowest BCUT2D eigenvalue weighted by molar-refractivity contribution is -0.122. The molecule has 0 fully saturated rings. The Hall–Kier alpha value is -3.11. The largest absolute Gasteiger partial charge is 0.479 e. The topological polar surface area (TPSA) is 123 Å². The first-order valence-corrected chi connectivity index (χ1v) is 10.1. The maximum absolute atomic E-state index is 12.8. The van der Waals surface area contributed by atoms with Crippen LogP contribution in [0.15, 0.2) is 47.6 Å². The molecule has 1 aromatic heterocycles. The Labute approximate surface area is 161 Å². The van der Waals surface area contributed by atoms with Gasteiger partial charge in [-0.3, -0.25) is 9.52 Å². The summed E-state index contributed by atoms with van der Waals surface area (Å²) >= 11 is 0. The SMILES string of the molecule is CC1Oc2ccc(S(=O)(=O)Nc3ccc4c(c3)ncn4CCO)cc2NC1=O. The highest BCUT2D eigenvalue weighted by Gasteiger charge is 2.25. The molecule has 1 aliphatic heterocycles. The number of aliphatic hydroxyl groups is 1. The minimum absolute atomic E-state index is 0.00406. The normalized spacial score (nSPS) is 16.4. The van der Waals surface area contributed by atoms with Gasteiger partial charge in [-0.2, -0.15) is 0 Å². The number of fused-ring (bicyclic) bond motifs is 2. The zero-order chi connectivity index (χ0) is 19.9. The van der Waals surface area contributed by atoms with E-state index in [-0.39, 0.29) is 17.4 Å². The molecule has 1 unspecified atom stereocenters. The van der Waals surface area contributed by atoms with Gasteiger partial charge >= 0.3 is 0 Å². The van der Waals surface area contributed by atoms with E-state index < -0.39 is 16.1 Å². The van der Waals surface area contributed by atoms with Crippen LogP contribution in [0, 0.1) is 0 Å². The van der Waals surface area contributed by atoms with Crippen LogP contribution in [-0.4, -0.2) is 41.7 Å². The van der Waals surface area contributed by atoms with Crippen LogP contribution in [0.2, 0.25) is 0 Å². The third-order valence-corrected chi connectivity index (χ3v) is 5.79. The standard InChI is InChI=1S/C18H18N4O5S/c1-11-18(24)20-15-9-13(3-5-17(15)27-11)28(25,26)21-12-2-4-16-14(8-12)19-10-22(16)6-7-23/h2-5,8-11,21,23H,6-7H2,1H3,(H,20,24). The number of carbonyl (C=O) groups is 1. The van der Waals surface area contributed by atoms with Gasteiger partial charge in [-0.05, 0) is 43.3 Å². The number of aliphatic hydroxyl groups excluding tert-OH is 1. The van der Waals surface area contributed by atoms with Gasteiger partial charge in [-0.15, -0.1) is 0 Å². The second-order valence-electron chi connectivity index (χ2n) is 6.38. The van der Waals surface area contributed by atoms with Gasteiger partial charge in [0.2, 0.25) is 0 Å². The Morgan fingerprint density at radius 2 is 2.11 bits per heavy atom. The van der Waals surface area contributed by atoms with E-state index in [2.05, 4.69) is 15.0 Å². The zero-order valence-corrected chi connectivity index (χ0v) is 15.7. The number of imidazole rings is 1. The first kappa shape index (κ1) is 18.3. The van der Waals surface area contributed by atoms with Crippen LogP contribution in [0.4, 0.5) is 11.4 Å². The molecular formula is C18H18N4O5S. The molecule has 0 saturated heterocycles. The second kappa shape index (κ2) is 6.80. The predicted octanol–water partition coefficient (Wildman–Crippen LogP) is 1.55. The number of sulfonamides is 1. The summed E-state index contributed by atoms with van der Waals surface area (Å²) in [5, 5.41) is 11.7. The number of nitrogens with zero attached hydrogens (tertiary/aromatic N) is 2. The number of rotatable bonds is 5. The summed E-state index contributed by atoms with van der Waals surface area (Å²) in [5.74, 6) is 0.0841. The fraction of sp³-hybridized carbons (Fsp3) is 0.222. The van der Waals surface area contributed by atoms with E-state index in [4.69, 9.17) is 9.84 Å². The molecule has 1 amide bonds. The van der Waals surface area contributed by atoms with E-state index in [0.717, 1.165) is 5.52 Å². The Morgan fingerprint density at radius 1 is 1.29 bits per heavy atom. The maximum Gasteiger partial charge on any atom is 0.265 e. The van der Waals surface area contributed by atoms with Crippen molar-refractivity contribution in [1.82, 2.24) is 9.55 Å². The molecule has 3 N–H and O–H groups in total. The lowest BCUT2D eigenvalue weighted by atomic mass is 10.2. The fourth-order valence-corrected chi connectivity index (χ4v) is 4.06. The van der Waals surface area contributed by atoms with Crippen molar-refractivity contribution >= 4 is 38.3 Å². The third kappa shape index (κ3) is 3.27. The van der Waals surface area contributed by atoms with Gasteiger partial charge in [-0.25, -0.2) is 13.4 Å². The number of hydrogen-bond donors (Lipinski definition) is 3. The van der Waals surface area contributed by atoms with Crippen LogP contribution in [0.25, 0.3) is 11.0 Å². The van der Waals surface area contributed by atoms with Crippen LogP contribution in [0.1, 0.15) is 6.92 Å². The van der Waals surface area contributed by atoms with Crippen LogP contribution in [-0.2, 0) is 21.4 Å². The van der Waals surface area contributed by atoms with Crippen LogP contribution < -0.4 is 14.8 Å². The number of anilines is 2. The van der Waals surface area contributed by atoms with Gasteiger partial charge in [0, 0.05) is 6.54 Å². The van der Waals surface area contributed by atoms with Crippen molar-refractivity contribution < 1.29 is 23.1 Å². The molecule has 1 aliphatic rings. The molecule has 0 saturated carbocycles. The van der Waals surface area contributed by atoms with Gasteiger partial charge < -0.3 is 19.7 Å². The molecule has 0 radical (unpaired) electrons. The average Bonchev–Trinajstić information content (AvgIpc) is 3.04. The fourth-order valence-electron chi connectivity index (χ4n) is 2.98. The number of carbonyl (C=O) groups excluding carboxylic acids is 1. The molecule has 10 heteroatoms. The zero-order valence-electron chi connectivity index (χ0n) is 14.9. The van der Waals surface area contributed by atoms with Gasteiger partial charge in [-0.1, -0.05) is 0 Å². The van der Waals surface area contributed by atoms with Crippen LogP contribution >= 0.6 is 0 Å². The molecule has 9 nitrogen and oxygen atoms in total. The number of amides is 1. The van der Waals surface area contributed by atoms with Crippen LogP contribution in [0.3, 0.4) is 0 Å². The summed E-state index contributed by atoms with van der Waals surface area (Å²) in [5.41, 5.74) is 2.06. The van der Waals surface area contributed by atoms with Crippen molar-refractivity contribution in [2.45, 2.75) is 24.5 Å². The van der Waals surface area contributed by atoms with E-state index >= 15 is 0 Å². The van der Waals surface area contributed by atoms with Crippen molar-refractivity contribution in [2.24, 2.45) is 0 Å². The molecule has 0 bridgehead atoms. The molecule has 0 aliphatic carbocycles. The third-order valence-electron chi connectivity index (χ3n) is 4.41.